The van der Waals surface area contributed by atoms with Crippen molar-refractivity contribution in [3.05, 3.63) is 22.2 Å². The van der Waals surface area contributed by atoms with Gasteiger partial charge in [-0.15, -0.1) is 11.6 Å². The highest BCUT2D eigenvalue weighted by atomic mass is 79.9. The minimum atomic E-state index is -4.42. The topological polar surface area (TPSA) is 29.3 Å². The largest absolute Gasteiger partial charge is 0.417 e. The Hall–Kier alpha value is -0.620. The predicted molar refractivity (Wildman–Crippen MR) is 67.5 cm³/mol. The lowest BCUT2D eigenvalue weighted by Crippen LogP contribution is -2.21. The smallest absolute Gasteiger partial charge is 0.397 e. The molecule has 0 bridgehead atoms. The summed E-state index contributed by atoms with van der Waals surface area (Å²) in [5.41, 5.74) is 5.43. The van der Waals surface area contributed by atoms with Crippen LogP contribution in [0.2, 0.25) is 0 Å². The van der Waals surface area contributed by atoms with Crippen molar-refractivity contribution >= 4 is 38.9 Å². The van der Waals surface area contributed by atoms with Crippen molar-refractivity contribution in [2.75, 3.05) is 30.1 Å². The van der Waals surface area contributed by atoms with Crippen molar-refractivity contribution in [3.63, 3.8) is 0 Å². The summed E-state index contributed by atoms with van der Waals surface area (Å²) in [5, 5.41) is 0. The van der Waals surface area contributed by atoms with E-state index in [0.717, 1.165) is 6.07 Å². The van der Waals surface area contributed by atoms with E-state index in [1.165, 1.54) is 6.07 Å². The SMILES string of the molecule is CN(CCCl)c1cc(Br)c(C(F)(F)F)cc1N. The molecule has 0 radical (unpaired) electrons. The van der Waals surface area contributed by atoms with E-state index < -0.39 is 11.7 Å². The molecule has 0 aliphatic rings. The molecular formula is C10H11BrClF3N2. The van der Waals surface area contributed by atoms with Crippen molar-refractivity contribution < 1.29 is 13.2 Å². The fourth-order valence-electron chi connectivity index (χ4n) is 1.37. The quantitative estimate of drug-likeness (QED) is 0.675. The zero-order valence-corrected chi connectivity index (χ0v) is 11.3. The molecule has 0 fully saturated rings. The fourth-order valence-corrected chi connectivity index (χ4v) is 2.18. The summed E-state index contributed by atoms with van der Waals surface area (Å²) < 4.78 is 37.7. The third-order valence-electron chi connectivity index (χ3n) is 2.25. The number of halogens is 5. The predicted octanol–water partition coefficient (Wildman–Crippen LogP) is 3.73. The summed E-state index contributed by atoms with van der Waals surface area (Å²) in [7, 11) is 1.72. The van der Waals surface area contributed by atoms with Crippen LogP contribution in [0.15, 0.2) is 16.6 Å². The third-order valence-corrected chi connectivity index (χ3v) is 3.08. The number of rotatable bonds is 3. The molecule has 0 aromatic heterocycles. The van der Waals surface area contributed by atoms with Crippen molar-refractivity contribution in [1.82, 2.24) is 0 Å². The number of alkyl halides is 4. The first-order chi connectivity index (χ1) is 7.77. The number of hydrogen-bond acceptors (Lipinski definition) is 2. The first-order valence-corrected chi connectivity index (χ1v) is 6.03. The molecule has 0 spiro atoms. The van der Waals surface area contributed by atoms with Crippen LogP contribution in [0.25, 0.3) is 0 Å². The van der Waals surface area contributed by atoms with Gasteiger partial charge in [-0.05, 0) is 12.1 Å². The average Bonchev–Trinajstić information content (AvgIpc) is 2.19. The standard InChI is InChI=1S/C10H11BrClF3N2/c1-17(3-2-12)9-5-7(11)6(4-8(9)16)10(13,14)15/h4-5H,2-3,16H2,1H3. The summed E-state index contributed by atoms with van der Waals surface area (Å²) in [6.07, 6.45) is -4.42. The van der Waals surface area contributed by atoms with Gasteiger partial charge in [0.2, 0.25) is 0 Å². The summed E-state index contributed by atoms with van der Waals surface area (Å²) in [6, 6.07) is 2.27. The molecule has 17 heavy (non-hydrogen) atoms. The van der Waals surface area contributed by atoms with Crippen molar-refractivity contribution in [1.29, 1.82) is 0 Å². The molecule has 1 rings (SSSR count). The average molecular weight is 332 g/mol. The Morgan fingerprint density at radius 1 is 1.41 bits per heavy atom. The highest BCUT2D eigenvalue weighted by molar-refractivity contribution is 9.10. The van der Waals surface area contributed by atoms with E-state index in [9.17, 15) is 13.2 Å². The number of anilines is 2. The van der Waals surface area contributed by atoms with Crippen LogP contribution >= 0.6 is 27.5 Å². The van der Waals surface area contributed by atoms with Crippen molar-refractivity contribution in [3.8, 4) is 0 Å². The number of nitrogen functional groups attached to an aromatic ring is 1. The molecule has 0 heterocycles. The normalized spacial score (nSPS) is 11.6. The molecule has 0 saturated heterocycles. The second kappa shape index (κ2) is 5.35. The minimum absolute atomic E-state index is 0.0318. The van der Waals surface area contributed by atoms with Crippen LogP contribution in [0.5, 0.6) is 0 Å². The Kier molecular flexibility index (Phi) is 4.55. The number of hydrogen-bond donors (Lipinski definition) is 1. The van der Waals surface area contributed by atoms with Crippen LogP contribution < -0.4 is 10.6 Å². The van der Waals surface area contributed by atoms with Gasteiger partial charge in [0.1, 0.15) is 0 Å². The van der Waals surface area contributed by atoms with E-state index >= 15 is 0 Å². The van der Waals surface area contributed by atoms with Crippen LogP contribution in [0, 0.1) is 0 Å². The maximum Gasteiger partial charge on any atom is 0.417 e. The molecule has 1 aromatic rings. The van der Waals surface area contributed by atoms with Gasteiger partial charge in [0.25, 0.3) is 0 Å². The van der Waals surface area contributed by atoms with Gasteiger partial charge in [-0.3, -0.25) is 0 Å². The maximum absolute atomic E-state index is 12.6. The Bertz CT molecular complexity index is 409. The van der Waals surface area contributed by atoms with Crippen LogP contribution in [0.1, 0.15) is 5.56 Å². The molecule has 96 valence electrons. The Morgan fingerprint density at radius 2 is 2.00 bits per heavy atom. The first kappa shape index (κ1) is 14.4. The Balaban J connectivity index is 3.18. The van der Waals surface area contributed by atoms with Gasteiger partial charge in [-0.2, -0.15) is 13.2 Å². The van der Waals surface area contributed by atoms with E-state index in [1.807, 2.05) is 0 Å². The van der Waals surface area contributed by atoms with Crippen molar-refractivity contribution in [2.45, 2.75) is 6.18 Å². The van der Waals surface area contributed by atoms with Gasteiger partial charge in [0.05, 0.1) is 16.9 Å². The molecule has 2 nitrogen and oxygen atoms in total. The summed E-state index contributed by atoms with van der Waals surface area (Å²) in [6.45, 7) is 0.504. The van der Waals surface area contributed by atoms with Gasteiger partial charge in [-0.25, -0.2) is 0 Å². The van der Waals surface area contributed by atoms with Crippen LogP contribution in [-0.4, -0.2) is 19.5 Å². The lowest BCUT2D eigenvalue weighted by molar-refractivity contribution is -0.138. The first-order valence-electron chi connectivity index (χ1n) is 4.70. The zero-order valence-electron chi connectivity index (χ0n) is 8.98. The monoisotopic (exact) mass is 330 g/mol. The van der Waals surface area contributed by atoms with E-state index in [-0.39, 0.29) is 10.2 Å². The summed E-state index contributed by atoms with van der Waals surface area (Å²) in [5.74, 6) is 0.370. The van der Waals surface area contributed by atoms with E-state index in [2.05, 4.69) is 15.9 Å². The Morgan fingerprint density at radius 3 is 2.47 bits per heavy atom. The lowest BCUT2D eigenvalue weighted by atomic mass is 10.1. The minimum Gasteiger partial charge on any atom is -0.397 e. The molecule has 0 atom stereocenters. The molecule has 0 aliphatic heterocycles. The van der Waals surface area contributed by atoms with Crippen LogP contribution in [-0.2, 0) is 6.18 Å². The van der Waals surface area contributed by atoms with Gasteiger partial charge in [0, 0.05) is 23.9 Å². The summed E-state index contributed by atoms with van der Waals surface area (Å²) in [4.78, 5) is 1.70. The highest BCUT2D eigenvalue weighted by Gasteiger charge is 2.33. The third kappa shape index (κ3) is 3.42. The number of nitrogens with two attached hydrogens (primary N) is 1. The summed E-state index contributed by atoms with van der Waals surface area (Å²) >= 11 is 8.47. The van der Waals surface area contributed by atoms with Gasteiger partial charge in [0.15, 0.2) is 0 Å². The zero-order chi connectivity index (χ0) is 13.2. The second-order valence-electron chi connectivity index (χ2n) is 3.50. The molecule has 2 N–H and O–H groups in total. The molecule has 0 amide bonds. The van der Waals surface area contributed by atoms with Crippen LogP contribution in [0.4, 0.5) is 24.5 Å². The van der Waals surface area contributed by atoms with E-state index in [0.29, 0.717) is 18.1 Å². The maximum atomic E-state index is 12.6. The van der Waals surface area contributed by atoms with Gasteiger partial charge < -0.3 is 10.6 Å². The molecule has 0 unspecified atom stereocenters. The lowest BCUT2D eigenvalue weighted by Gasteiger charge is -2.21. The second-order valence-corrected chi connectivity index (χ2v) is 4.73. The van der Waals surface area contributed by atoms with Gasteiger partial charge in [-0.1, -0.05) is 15.9 Å². The molecule has 1 aromatic carbocycles. The Labute approximate surface area is 111 Å². The number of nitrogens with zero attached hydrogens (tertiary/aromatic N) is 1. The molecular weight excluding hydrogens is 320 g/mol. The molecule has 0 aliphatic carbocycles. The van der Waals surface area contributed by atoms with Crippen molar-refractivity contribution in [2.24, 2.45) is 0 Å². The van der Waals surface area contributed by atoms with Gasteiger partial charge >= 0.3 is 6.18 Å². The van der Waals surface area contributed by atoms with E-state index in [4.69, 9.17) is 17.3 Å². The van der Waals surface area contributed by atoms with E-state index in [1.54, 1.807) is 11.9 Å². The molecule has 7 heteroatoms. The fraction of sp³-hybridized carbons (Fsp3) is 0.400. The molecule has 0 saturated carbocycles. The van der Waals surface area contributed by atoms with Crippen LogP contribution in [0.3, 0.4) is 0 Å². The highest BCUT2D eigenvalue weighted by Crippen LogP contribution is 2.39. The number of benzene rings is 1.